The van der Waals surface area contributed by atoms with Crippen LogP contribution in [0, 0.1) is 0 Å². The smallest absolute Gasteiger partial charge is 0.290 e. The van der Waals surface area contributed by atoms with E-state index in [1.54, 1.807) is 17.4 Å². The number of carbonyl (C=O) groups excluding carboxylic acids is 1. The van der Waals surface area contributed by atoms with Crippen LogP contribution >= 0.6 is 22.9 Å². The molecule has 0 spiro atoms. The summed E-state index contributed by atoms with van der Waals surface area (Å²) in [5.74, 6) is 0.238. The van der Waals surface area contributed by atoms with Crippen LogP contribution in [0.1, 0.15) is 34.2 Å². The van der Waals surface area contributed by atoms with Gasteiger partial charge in [0.05, 0.1) is 27.8 Å². The first kappa shape index (κ1) is 13.7. The minimum atomic E-state index is -0.0983. The van der Waals surface area contributed by atoms with Crippen LogP contribution in [0.25, 0.3) is 11.0 Å². The average Bonchev–Trinajstić information content (AvgIpc) is 3.14. The molecule has 0 unspecified atom stereocenters. The van der Waals surface area contributed by atoms with Gasteiger partial charge in [-0.05, 0) is 19.1 Å². The maximum atomic E-state index is 12.8. The lowest BCUT2D eigenvalue weighted by Gasteiger charge is -2.32. The van der Waals surface area contributed by atoms with Crippen molar-refractivity contribution in [1.82, 2.24) is 19.9 Å². The van der Waals surface area contributed by atoms with E-state index < -0.39 is 0 Å². The van der Waals surface area contributed by atoms with Crippen molar-refractivity contribution in [2.45, 2.75) is 19.4 Å². The van der Waals surface area contributed by atoms with Gasteiger partial charge < -0.3 is 9.88 Å². The van der Waals surface area contributed by atoms with Gasteiger partial charge in [-0.1, -0.05) is 17.7 Å². The zero-order valence-electron chi connectivity index (χ0n) is 11.8. The number of aromatic nitrogens is 3. The molecular weight excluding hydrogens is 320 g/mol. The van der Waals surface area contributed by atoms with E-state index in [2.05, 4.69) is 15.0 Å². The summed E-state index contributed by atoms with van der Waals surface area (Å²) in [4.78, 5) is 27.6. The number of benzene rings is 1. The molecule has 0 bridgehead atoms. The van der Waals surface area contributed by atoms with Crippen LogP contribution in [0.3, 0.4) is 0 Å². The summed E-state index contributed by atoms with van der Waals surface area (Å²) in [6.07, 6.45) is 0.788. The van der Waals surface area contributed by atoms with Crippen LogP contribution < -0.4 is 0 Å². The number of nitrogens with one attached hydrogen (secondary N) is 1. The summed E-state index contributed by atoms with van der Waals surface area (Å²) in [5.41, 5.74) is 4.36. The molecule has 0 aliphatic carbocycles. The number of amides is 1. The Labute approximate surface area is 136 Å². The summed E-state index contributed by atoms with van der Waals surface area (Å²) < 4.78 is 0. The summed E-state index contributed by atoms with van der Waals surface area (Å²) in [6, 6.07) is 5.50. The first-order valence-electron chi connectivity index (χ1n) is 7.02. The number of hydrogen-bond donors (Lipinski definition) is 1. The Kier molecular flexibility index (Phi) is 3.16. The van der Waals surface area contributed by atoms with Crippen LogP contribution in [0.4, 0.5) is 0 Å². The Balaban J connectivity index is 1.70. The van der Waals surface area contributed by atoms with E-state index in [1.807, 2.05) is 29.5 Å². The molecule has 7 heteroatoms. The number of nitrogens with zero attached hydrogens (tertiary/aromatic N) is 3. The van der Waals surface area contributed by atoms with Gasteiger partial charge >= 0.3 is 0 Å². The molecule has 112 valence electrons. The molecular formula is C15H13ClN4OS. The highest BCUT2D eigenvalue weighted by molar-refractivity contribution is 7.09. The molecule has 2 aromatic heterocycles. The fourth-order valence-corrected chi connectivity index (χ4v) is 4.00. The first-order chi connectivity index (χ1) is 10.6. The van der Waals surface area contributed by atoms with E-state index in [0.29, 0.717) is 22.9 Å². The largest absolute Gasteiger partial charge is 0.334 e. The number of imidazole rings is 1. The van der Waals surface area contributed by atoms with E-state index >= 15 is 0 Å². The average molecular weight is 333 g/mol. The molecule has 1 aliphatic rings. The minimum Gasteiger partial charge on any atom is -0.334 e. The van der Waals surface area contributed by atoms with E-state index in [0.717, 1.165) is 22.5 Å². The Morgan fingerprint density at radius 3 is 3.18 bits per heavy atom. The molecule has 1 aromatic carbocycles. The molecule has 3 aromatic rings. The van der Waals surface area contributed by atoms with Gasteiger partial charge in [0.25, 0.3) is 5.91 Å². The number of carbonyl (C=O) groups is 1. The molecule has 4 rings (SSSR count). The highest BCUT2D eigenvalue weighted by Crippen LogP contribution is 2.33. The van der Waals surface area contributed by atoms with Gasteiger partial charge in [-0.25, -0.2) is 9.97 Å². The Bertz CT molecular complexity index is 871. The third-order valence-corrected chi connectivity index (χ3v) is 5.38. The van der Waals surface area contributed by atoms with Gasteiger partial charge in [-0.3, -0.25) is 4.79 Å². The fraction of sp³-hybridized carbons (Fsp3) is 0.267. The number of aromatic amines is 1. The fourth-order valence-electron chi connectivity index (χ4n) is 2.88. The van der Waals surface area contributed by atoms with Gasteiger partial charge in [0.2, 0.25) is 0 Å². The molecule has 1 amide bonds. The number of rotatable bonds is 1. The van der Waals surface area contributed by atoms with E-state index in [4.69, 9.17) is 11.6 Å². The van der Waals surface area contributed by atoms with E-state index in [-0.39, 0.29) is 11.9 Å². The molecule has 5 nitrogen and oxygen atoms in total. The predicted octanol–water partition coefficient (Wildman–Crippen LogP) is 3.43. The number of H-pyrrole nitrogens is 1. The highest BCUT2D eigenvalue weighted by Gasteiger charge is 2.31. The van der Waals surface area contributed by atoms with Gasteiger partial charge in [0, 0.05) is 17.8 Å². The van der Waals surface area contributed by atoms with Gasteiger partial charge in [-0.2, -0.15) is 0 Å². The van der Waals surface area contributed by atoms with Gasteiger partial charge in [-0.15, -0.1) is 11.3 Å². The molecule has 1 N–H and O–H groups in total. The SMILES string of the molecule is C[C@@H]1c2scnc2CCN1C(=O)c1nc2c(Cl)cccc2[nH]1. The van der Waals surface area contributed by atoms with Crippen molar-refractivity contribution in [3.05, 3.63) is 45.1 Å². The van der Waals surface area contributed by atoms with Crippen LogP contribution in [0.2, 0.25) is 5.02 Å². The van der Waals surface area contributed by atoms with Crippen molar-refractivity contribution in [3.8, 4) is 0 Å². The Hall–Kier alpha value is -1.92. The normalized spacial score (nSPS) is 17.7. The van der Waals surface area contributed by atoms with Crippen molar-refractivity contribution >= 4 is 39.9 Å². The van der Waals surface area contributed by atoms with Crippen LogP contribution in [0.15, 0.2) is 23.7 Å². The number of thiazole rings is 1. The van der Waals surface area contributed by atoms with E-state index in [1.165, 1.54) is 0 Å². The second-order valence-corrected chi connectivity index (χ2v) is 6.60. The molecule has 1 atom stereocenters. The monoisotopic (exact) mass is 332 g/mol. The quantitative estimate of drug-likeness (QED) is 0.742. The number of para-hydroxylation sites is 1. The second-order valence-electron chi connectivity index (χ2n) is 5.31. The molecule has 0 radical (unpaired) electrons. The molecule has 0 saturated carbocycles. The summed E-state index contributed by atoms with van der Waals surface area (Å²) >= 11 is 7.73. The number of hydrogen-bond acceptors (Lipinski definition) is 4. The van der Waals surface area contributed by atoms with Crippen molar-refractivity contribution < 1.29 is 4.79 Å². The lowest BCUT2D eigenvalue weighted by Crippen LogP contribution is -2.38. The Morgan fingerprint density at radius 2 is 2.36 bits per heavy atom. The molecule has 0 saturated heterocycles. The lowest BCUT2D eigenvalue weighted by atomic mass is 10.1. The molecule has 1 aliphatic heterocycles. The number of fused-ring (bicyclic) bond motifs is 2. The zero-order chi connectivity index (χ0) is 15.3. The van der Waals surface area contributed by atoms with Crippen molar-refractivity contribution in [2.24, 2.45) is 0 Å². The predicted molar refractivity (Wildman–Crippen MR) is 86.4 cm³/mol. The first-order valence-corrected chi connectivity index (χ1v) is 8.28. The van der Waals surface area contributed by atoms with Crippen LogP contribution in [-0.4, -0.2) is 32.3 Å². The lowest BCUT2D eigenvalue weighted by molar-refractivity contribution is 0.0669. The third-order valence-electron chi connectivity index (χ3n) is 4.04. The van der Waals surface area contributed by atoms with Crippen molar-refractivity contribution in [3.63, 3.8) is 0 Å². The summed E-state index contributed by atoms with van der Waals surface area (Å²) in [7, 11) is 0. The summed E-state index contributed by atoms with van der Waals surface area (Å²) in [5, 5.41) is 0.546. The van der Waals surface area contributed by atoms with E-state index in [9.17, 15) is 4.79 Å². The maximum Gasteiger partial charge on any atom is 0.290 e. The van der Waals surface area contributed by atoms with Gasteiger partial charge in [0.1, 0.15) is 5.52 Å². The highest BCUT2D eigenvalue weighted by atomic mass is 35.5. The molecule has 3 heterocycles. The maximum absolute atomic E-state index is 12.8. The summed E-state index contributed by atoms with van der Waals surface area (Å²) in [6.45, 7) is 2.69. The van der Waals surface area contributed by atoms with Crippen LogP contribution in [-0.2, 0) is 6.42 Å². The topological polar surface area (TPSA) is 61.9 Å². The molecule has 0 fully saturated rings. The zero-order valence-corrected chi connectivity index (χ0v) is 13.4. The Morgan fingerprint density at radius 1 is 1.50 bits per heavy atom. The van der Waals surface area contributed by atoms with Gasteiger partial charge in [0.15, 0.2) is 5.82 Å². The minimum absolute atomic E-state index is 0.0208. The second kappa shape index (κ2) is 5.07. The number of halogens is 1. The third kappa shape index (κ3) is 2.02. The molecule has 22 heavy (non-hydrogen) atoms. The standard InChI is InChI=1S/C15H13ClN4OS/c1-8-13-11(17-7-22-13)5-6-20(8)15(21)14-18-10-4-2-3-9(16)12(10)19-14/h2-4,7-8H,5-6H2,1H3,(H,18,19)/t8-/m1/s1. The van der Waals surface area contributed by atoms with Crippen molar-refractivity contribution in [2.75, 3.05) is 6.54 Å². The van der Waals surface area contributed by atoms with Crippen molar-refractivity contribution in [1.29, 1.82) is 0 Å². The van der Waals surface area contributed by atoms with Crippen LogP contribution in [0.5, 0.6) is 0 Å².